The number of hydrogen-bond acceptors (Lipinski definition) is 9. The molecule has 0 aliphatic heterocycles. The van der Waals surface area contributed by atoms with E-state index in [9.17, 15) is 17.8 Å². The highest BCUT2D eigenvalue weighted by molar-refractivity contribution is 7.86. The zero-order valence-electron chi connectivity index (χ0n) is 16.4. The van der Waals surface area contributed by atoms with E-state index < -0.39 is 16.0 Å². The summed E-state index contributed by atoms with van der Waals surface area (Å²) in [5.74, 6) is -0.293. The lowest BCUT2D eigenvalue weighted by Gasteiger charge is -2.12. The van der Waals surface area contributed by atoms with Crippen LogP contribution in [0.2, 0.25) is 0 Å². The number of hydrogen-bond donors (Lipinski definition) is 5. The van der Waals surface area contributed by atoms with Gasteiger partial charge in [0, 0.05) is 27.7 Å². The second kappa shape index (κ2) is 8.09. The predicted molar refractivity (Wildman–Crippen MR) is 120 cm³/mol. The van der Waals surface area contributed by atoms with Crippen LogP contribution in [0.1, 0.15) is 10.4 Å². The topological polar surface area (TPSA) is 186 Å². The maximum absolute atomic E-state index is 12.7. The van der Waals surface area contributed by atoms with E-state index in [1.54, 1.807) is 48.5 Å². The molecular formula is C20H17N7O4S. The summed E-state index contributed by atoms with van der Waals surface area (Å²) >= 11 is 0. The number of nitrogens with one attached hydrogen (secondary N) is 2. The minimum atomic E-state index is -4.41. The van der Waals surface area contributed by atoms with Crippen LogP contribution in [0.25, 0.3) is 10.8 Å². The summed E-state index contributed by atoms with van der Waals surface area (Å²) in [6.07, 6.45) is 0. The summed E-state index contributed by atoms with van der Waals surface area (Å²) < 4.78 is 32.7. The monoisotopic (exact) mass is 451 g/mol. The van der Waals surface area contributed by atoms with Gasteiger partial charge in [-0.05, 0) is 36.4 Å². The van der Waals surface area contributed by atoms with Crippen molar-refractivity contribution < 1.29 is 17.8 Å². The van der Waals surface area contributed by atoms with E-state index in [0.29, 0.717) is 27.7 Å². The Labute approximate surface area is 182 Å². The van der Waals surface area contributed by atoms with Gasteiger partial charge in [0.05, 0.1) is 0 Å². The third-order valence-electron chi connectivity index (χ3n) is 4.48. The smallest absolute Gasteiger partial charge is 0.295 e. The molecular weight excluding hydrogens is 434 g/mol. The van der Waals surface area contributed by atoms with Gasteiger partial charge in [-0.1, -0.05) is 24.3 Å². The molecule has 3 aromatic carbocycles. The van der Waals surface area contributed by atoms with Crippen molar-refractivity contribution in [3.8, 4) is 0 Å². The number of carbonyl (C=O) groups excluding carboxylic acids is 1. The van der Waals surface area contributed by atoms with Crippen LogP contribution in [-0.2, 0) is 10.1 Å². The molecule has 12 heteroatoms. The molecule has 0 saturated heterocycles. The molecule has 11 nitrogen and oxygen atoms in total. The quantitative estimate of drug-likeness (QED) is 0.282. The van der Waals surface area contributed by atoms with E-state index in [1.807, 2.05) is 0 Å². The second-order valence-electron chi connectivity index (χ2n) is 6.66. The Kier molecular flexibility index (Phi) is 5.30. The largest absolute Gasteiger partial charge is 0.368 e. The highest BCUT2D eigenvalue weighted by Gasteiger charge is 2.17. The number of nitrogens with two attached hydrogens (primary N) is 2. The van der Waals surface area contributed by atoms with Gasteiger partial charge in [-0.15, -0.1) is 0 Å². The Morgan fingerprint density at radius 3 is 2.09 bits per heavy atom. The number of amides is 1. The van der Waals surface area contributed by atoms with Crippen molar-refractivity contribution in [1.29, 1.82) is 0 Å². The molecule has 0 saturated carbocycles. The first-order valence-corrected chi connectivity index (χ1v) is 10.6. The molecule has 0 atom stereocenters. The Morgan fingerprint density at radius 1 is 0.844 bits per heavy atom. The molecule has 0 spiro atoms. The maximum atomic E-state index is 12.7. The van der Waals surface area contributed by atoms with Gasteiger partial charge in [-0.25, -0.2) is 0 Å². The molecule has 0 aliphatic carbocycles. The average Bonchev–Trinajstić information content (AvgIpc) is 2.73. The summed E-state index contributed by atoms with van der Waals surface area (Å²) in [7, 11) is -4.41. The number of fused-ring (bicyclic) bond motifs is 1. The van der Waals surface area contributed by atoms with Crippen LogP contribution in [0.3, 0.4) is 0 Å². The predicted octanol–water partition coefficient (Wildman–Crippen LogP) is 2.43. The van der Waals surface area contributed by atoms with Crippen molar-refractivity contribution in [2.75, 3.05) is 22.1 Å². The van der Waals surface area contributed by atoms with Crippen molar-refractivity contribution in [3.05, 3.63) is 66.2 Å². The van der Waals surface area contributed by atoms with Crippen LogP contribution in [0.15, 0.2) is 65.6 Å². The molecule has 7 N–H and O–H groups in total. The fourth-order valence-corrected chi connectivity index (χ4v) is 3.80. The molecule has 32 heavy (non-hydrogen) atoms. The summed E-state index contributed by atoms with van der Waals surface area (Å²) in [6, 6.07) is 15.7. The van der Waals surface area contributed by atoms with Crippen LogP contribution < -0.4 is 22.1 Å². The number of aromatic nitrogens is 3. The summed E-state index contributed by atoms with van der Waals surface area (Å²) in [4.78, 5) is 24.0. The lowest BCUT2D eigenvalue weighted by Crippen LogP contribution is -2.12. The Morgan fingerprint density at radius 2 is 1.47 bits per heavy atom. The van der Waals surface area contributed by atoms with Crippen molar-refractivity contribution in [2.45, 2.75) is 4.90 Å². The van der Waals surface area contributed by atoms with E-state index in [-0.39, 0.29) is 22.7 Å². The normalized spacial score (nSPS) is 11.3. The molecule has 0 bridgehead atoms. The van der Waals surface area contributed by atoms with Crippen molar-refractivity contribution in [3.63, 3.8) is 0 Å². The number of nitrogen functional groups attached to an aromatic ring is 2. The zero-order valence-corrected chi connectivity index (χ0v) is 17.2. The Bertz CT molecular complexity index is 1420. The van der Waals surface area contributed by atoms with Crippen LogP contribution in [0.5, 0.6) is 0 Å². The number of rotatable bonds is 5. The molecule has 1 aromatic heterocycles. The van der Waals surface area contributed by atoms with Gasteiger partial charge in [-0.3, -0.25) is 9.35 Å². The molecule has 4 rings (SSSR count). The third kappa shape index (κ3) is 4.40. The minimum Gasteiger partial charge on any atom is -0.368 e. The third-order valence-corrected chi connectivity index (χ3v) is 5.40. The van der Waals surface area contributed by atoms with Crippen molar-refractivity contribution >= 4 is 56.0 Å². The maximum Gasteiger partial charge on any atom is 0.295 e. The SMILES string of the molecule is Nc1nc(N)nc(Nc2ccc(C(=O)Nc3ccc(S(=O)(=O)O)c4ccccc34)cc2)n1. The second-order valence-corrected chi connectivity index (χ2v) is 8.05. The van der Waals surface area contributed by atoms with Gasteiger partial charge in [0.1, 0.15) is 4.90 Å². The highest BCUT2D eigenvalue weighted by Crippen LogP contribution is 2.29. The highest BCUT2D eigenvalue weighted by atomic mass is 32.2. The molecule has 0 fully saturated rings. The van der Waals surface area contributed by atoms with Gasteiger partial charge in [-0.2, -0.15) is 23.4 Å². The molecule has 0 aliphatic rings. The number of carbonyl (C=O) groups is 1. The fraction of sp³-hybridized carbons (Fsp3) is 0. The molecule has 0 radical (unpaired) electrons. The molecule has 4 aromatic rings. The lowest BCUT2D eigenvalue weighted by molar-refractivity contribution is 0.102. The number of nitrogens with zero attached hydrogens (tertiary/aromatic N) is 3. The average molecular weight is 451 g/mol. The van der Waals surface area contributed by atoms with E-state index >= 15 is 0 Å². The molecule has 162 valence electrons. The first-order chi connectivity index (χ1) is 15.2. The van der Waals surface area contributed by atoms with Gasteiger partial charge in [0.2, 0.25) is 17.8 Å². The zero-order chi connectivity index (χ0) is 22.9. The minimum absolute atomic E-state index is 0.0248. The van der Waals surface area contributed by atoms with Crippen molar-refractivity contribution in [1.82, 2.24) is 15.0 Å². The first-order valence-electron chi connectivity index (χ1n) is 9.15. The van der Waals surface area contributed by atoms with Gasteiger partial charge in [0.25, 0.3) is 16.0 Å². The van der Waals surface area contributed by atoms with Gasteiger partial charge >= 0.3 is 0 Å². The van der Waals surface area contributed by atoms with Crippen LogP contribution in [-0.4, -0.2) is 33.8 Å². The van der Waals surface area contributed by atoms with Crippen LogP contribution in [0, 0.1) is 0 Å². The van der Waals surface area contributed by atoms with Gasteiger partial charge < -0.3 is 22.1 Å². The van der Waals surface area contributed by atoms with E-state index in [1.165, 1.54) is 12.1 Å². The Hall–Kier alpha value is -4.29. The fourth-order valence-electron chi connectivity index (χ4n) is 3.10. The van der Waals surface area contributed by atoms with E-state index in [0.717, 1.165) is 0 Å². The molecule has 1 amide bonds. The number of benzene rings is 3. The van der Waals surface area contributed by atoms with Gasteiger partial charge in [0.15, 0.2) is 0 Å². The van der Waals surface area contributed by atoms with E-state index in [4.69, 9.17) is 11.5 Å². The summed E-state index contributed by atoms with van der Waals surface area (Å²) in [6.45, 7) is 0. The molecule has 0 unspecified atom stereocenters. The standard InChI is InChI=1S/C20H17N7O4S/c21-18-25-19(22)27-20(26-18)23-12-7-5-11(6-8-12)17(28)24-15-9-10-16(32(29,30)31)14-4-2-1-3-13(14)15/h1-10H,(H,24,28)(H,29,30,31)(H5,21,22,23,25,26,27). The number of anilines is 5. The van der Waals surface area contributed by atoms with Crippen LogP contribution >= 0.6 is 0 Å². The molecule has 1 heterocycles. The summed E-state index contributed by atoms with van der Waals surface area (Å²) in [5.41, 5.74) is 12.4. The Balaban J connectivity index is 1.56. The first kappa shape index (κ1) is 21.0. The van der Waals surface area contributed by atoms with Crippen LogP contribution in [0.4, 0.5) is 29.2 Å². The van der Waals surface area contributed by atoms with E-state index in [2.05, 4.69) is 25.6 Å². The summed E-state index contributed by atoms with van der Waals surface area (Å²) in [5, 5.41) is 6.44. The lowest BCUT2D eigenvalue weighted by atomic mass is 10.1. The van der Waals surface area contributed by atoms with Crippen molar-refractivity contribution in [2.24, 2.45) is 0 Å².